The highest BCUT2D eigenvalue weighted by atomic mass is 79.9. The number of thiazole rings is 1. The van der Waals surface area contributed by atoms with Crippen LogP contribution in [0.5, 0.6) is 5.75 Å². The van der Waals surface area contributed by atoms with Crippen LogP contribution >= 0.6 is 43.2 Å². The molecule has 0 atom stereocenters. The number of hydrogen-bond donors (Lipinski definition) is 3. The Balaban J connectivity index is 1.19. The molecule has 0 saturated heterocycles. The van der Waals surface area contributed by atoms with E-state index in [4.69, 9.17) is 4.74 Å². The lowest BCUT2D eigenvalue weighted by molar-refractivity contribution is -0.118. The lowest BCUT2D eigenvalue weighted by Gasteiger charge is -2.13. The molecule has 0 radical (unpaired) electrons. The third-order valence-electron chi connectivity index (χ3n) is 6.79. The first-order chi connectivity index (χ1) is 21.6. The molecule has 0 saturated carbocycles. The Morgan fingerprint density at radius 3 is 2.38 bits per heavy atom. The molecular weight excluding hydrogens is 718 g/mol. The minimum Gasteiger partial charge on any atom is -0.482 e. The molecular formula is C34H29Br2N5O3S. The van der Waals surface area contributed by atoms with Gasteiger partial charge in [0.2, 0.25) is 0 Å². The molecule has 0 spiro atoms. The molecule has 11 heteroatoms. The first-order valence-electron chi connectivity index (χ1n) is 13.9. The molecule has 8 nitrogen and oxygen atoms in total. The van der Waals surface area contributed by atoms with E-state index >= 15 is 0 Å². The predicted octanol–water partition coefficient (Wildman–Crippen LogP) is 8.79. The first-order valence-corrected chi connectivity index (χ1v) is 16.3. The van der Waals surface area contributed by atoms with Gasteiger partial charge in [-0.05, 0) is 96.4 Å². The van der Waals surface area contributed by atoms with E-state index in [0.717, 1.165) is 37.7 Å². The summed E-state index contributed by atoms with van der Waals surface area (Å²) in [6.45, 7) is 5.84. The van der Waals surface area contributed by atoms with E-state index < -0.39 is 0 Å². The number of aromatic nitrogens is 1. The first kappa shape index (κ1) is 32.1. The molecule has 2 amide bonds. The van der Waals surface area contributed by atoms with Crippen molar-refractivity contribution in [2.45, 2.75) is 20.8 Å². The van der Waals surface area contributed by atoms with Gasteiger partial charge in [-0.15, -0.1) is 11.3 Å². The molecule has 45 heavy (non-hydrogen) atoms. The van der Waals surface area contributed by atoms with E-state index in [9.17, 15) is 9.59 Å². The van der Waals surface area contributed by atoms with Crippen LogP contribution in [0.25, 0.3) is 11.3 Å². The number of carbonyl (C=O) groups excluding carboxylic acids is 2. The van der Waals surface area contributed by atoms with Crippen molar-refractivity contribution in [2.24, 2.45) is 5.10 Å². The zero-order chi connectivity index (χ0) is 31.9. The van der Waals surface area contributed by atoms with Gasteiger partial charge in [0.25, 0.3) is 11.8 Å². The number of benzene rings is 4. The van der Waals surface area contributed by atoms with Crippen molar-refractivity contribution >= 4 is 77.7 Å². The molecule has 0 aliphatic heterocycles. The number of nitrogens with one attached hydrogen (secondary N) is 3. The zero-order valence-electron chi connectivity index (χ0n) is 24.7. The summed E-state index contributed by atoms with van der Waals surface area (Å²) in [5.74, 6) is -0.262. The minimum absolute atomic E-state index is 0.213. The third kappa shape index (κ3) is 8.65. The number of hydrazone groups is 1. The maximum absolute atomic E-state index is 12.8. The average molecular weight is 748 g/mol. The van der Waals surface area contributed by atoms with Gasteiger partial charge in [-0.25, -0.2) is 10.4 Å². The maximum atomic E-state index is 12.8. The van der Waals surface area contributed by atoms with Crippen LogP contribution in [-0.2, 0) is 4.79 Å². The zero-order valence-corrected chi connectivity index (χ0v) is 28.6. The van der Waals surface area contributed by atoms with E-state index in [-0.39, 0.29) is 18.4 Å². The van der Waals surface area contributed by atoms with Crippen LogP contribution in [0.4, 0.5) is 16.5 Å². The largest absolute Gasteiger partial charge is 0.482 e. The molecule has 1 heterocycles. The van der Waals surface area contributed by atoms with Gasteiger partial charge in [0.15, 0.2) is 11.7 Å². The summed E-state index contributed by atoms with van der Waals surface area (Å²) < 4.78 is 7.25. The summed E-state index contributed by atoms with van der Waals surface area (Å²) in [6, 6.07) is 24.6. The van der Waals surface area contributed by atoms with Crippen molar-refractivity contribution < 1.29 is 14.3 Å². The van der Waals surface area contributed by atoms with Crippen LogP contribution in [0.15, 0.2) is 98.3 Å². The number of hydrogen-bond acceptors (Lipinski definition) is 7. The highest BCUT2D eigenvalue weighted by molar-refractivity contribution is 9.11. The lowest BCUT2D eigenvalue weighted by atomic mass is 10.1. The topological polar surface area (TPSA) is 105 Å². The fourth-order valence-corrected chi connectivity index (χ4v) is 6.34. The smallest absolute Gasteiger partial charge is 0.271 e. The van der Waals surface area contributed by atoms with Gasteiger partial charge in [0.1, 0.15) is 5.75 Å². The number of carbonyl (C=O) groups is 2. The van der Waals surface area contributed by atoms with Gasteiger partial charge in [-0.3, -0.25) is 9.59 Å². The van der Waals surface area contributed by atoms with Crippen molar-refractivity contribution in [3.05, 3.63) is 121 Å². The van der Waals surface area contributed by atoms with Gasteiger partial charge < -0.3 is 15.4 Å². The molecule has 5 aromatic rings. The average Bonchev–Trinajstić information content (AvgIpc) is 3.48. The van der Waals surface area contributed by atoms with E-state index in [1.807, 2.05) is 80.7 Å². The number of ether oxygens (including phenoxy) is 1. The highest BCUT2D eigenvalue weighted by Gasteiger charge is 2.13. The molecule has 3 N–H and O–H groups in total. The summed E-state index contributed by atoms with van der Waals surface area (Å²) in [5.41, 5.74) is 10.4. The van der Waals surface area contributed by atoms with Crippen molar-refractivity contribution in [1.82, 2.24) is 10.4 Å². The molecule has 1 aromatic heterocycles. The van der Waals surface area contributed by atoms with Crippen LogP contribution in [0.3, 0.4) is 0 Å². The van der Waals surface area contributed by atoms with Gasteiger partial charge >= 0.3 is 0 Å². The second kappa shape index (κ2) is 14.6. The fourth-order valence-electron chi connectivity index (χ4n) is 4.22. The maximum Gasteiger partial charge on any atom is 0.271 e. The van der Waals surface area contributed by atoms with Crippen LogP contribution in [-0.4, -0.2) is 29.6 Å². The van der Waals surface area contributed by atoms with Gasteiger partial charge in [0.05, 0.1) is 16.4 Å². The predicted molar refractivity (Wildman–Crippen MR) is 189 cm³/mol. The molecule has 5 rings (SSSR count). The lowest BCUT2D eigenvalue weighted by Crippen LogP contribution is -2.21. The third-order valence-corrected chi connectivity index (χ3v) is 8.60. The van der Waals surface area contributed by atoms with Gasteiger partial charge in [-0.1, -0.05) is 51.8 Å². The normalized spacial score (nSPS) is 11.0. The second-order valence-corrected chi connectivity index (χ2v) is 12.9. The minimum atomic E-state index is -0.373. The van der Waals surface area contributed by atoms with Gasteiger partial charge in [-0.2, -0.15) is 5.10 Å². The Morgan fingerprint density at radius 1 is 0.911 bits per heavy atom. The molecule has 0 unspecified atom stereocenters. The SMILES string of the molecule is Cc1ccc(Nc2nc(-c3ccc(C(=O)N/N=C/c4cc(Br)cc(Br)c4OCC(=O)Nc4ccc(C)c(C)c4)cc3)cs2)cc1. The Kier molecular flexibility index (Phi) is 10.4. The summed E-state index contributed by atoms with van der Waals surface area (Å²) in [6.07, 6.45) is 1.47. The molecule has 0 bridgehead atoms. The fraction of sp³-hybridized carbons (Fsp3) is 0.118. The summed E-state index contributed by atoms with van der Waals surface area (Å²) in [7, 11) is 0. The van der Waals surface area contributed by atoms with Crippen molar-refractivity contribution in [3.8, 4) is 17.0 Å². The van der Waals surface area contributed by atoms with Crippen LogP contribution in [0.2, 0.25) is 0 Å². The van der Waals surface area contributed by atoms with Crippen molar-refractivity contribution in [1.29, 1.82) is 0 Å². The molecule has 228 valence electrons. The summed E-state index contributed by atoms with van der Waals surface area (Å²) in [4.78, 5) is 30.1. The van der Waals surface area contributed by atoms with E-state index in [1.54, 1.807) is 24.3 Å². The van der Waals surface area contributed by atoms with E-state index in [1.165, 1.54) is 23.1 Å². The summed E-state index contributed by atoms with van der Waals surface area (Å²) in [5, 5.41) is 13.1. The number of amides is 2. The number of rotatable bonds is 10. The number of nitrogens with zero attached hydrogens (tertiary/aromatic N) is 2. The summed E-state index contributed by atoms with van der Waals surface area (Å²) >= 11 is 8.47. The molecule has 4 aromatic carbocycles. The quantitative estimate of drug-likeness (QED) is 0.0980. The standard InChI is InChI=1S/C34H29Br2N5O3S/c1-20-4-11-27(12-5-20)39-34-40-30(19-45-34)23-7-9-24(10-8-23)33(43)41-37-17-25-15-26(35)16-29(36)32(25)44-18-31(42)38-28-13-6-21(2)22(3)14-28/h4-17,19H,18H2,1-3H3,(H,38,42)(H,39,40)(H,41,43)/b37-17+. The van der Waals surface area contributed by atoms with E-state index in [0.29, 0.717) is 27.0 Å². The molecule has 0 aliphatic carbocycles. The molecule has 0 aliphatic rings. The number of halogens is 2. The van der Waals surface area contributed by atoms with E-state index in [2.05, 4.69) is 58.0 Å². The second-order valence-electron chi connectivity index (χ2n) is 10.2. The highest BCUT2D eigenvalue weighted by Crippen LogP contribution is 2.32. The number of aryl methyl sites for hydroxylation is 3. The Morgan fingerprint density at radius 2 is 1.64 bits per heavy atom. The van der Waals surface area contributed by atoms with Crippen molar-refractivity contribution in [3.63, 3.8) is 0 Å². The van der Waals surface area contributed by atoms with Gasteiger partial charge in [0, 0.05) is 37.9 Å². The Labute approximate surface area is 282 Å². The van der Waals surface area contributed by atoms with Crippen LogP contribution in [0.1, 0.15) is 32.6 Å². The molecule has 0 fully saturated rings. The van der Waals surface area contributed by atoms with Crippen LogP contribution < -0.4 is 20.8 Å². The monoisotopic (exact) mass is 745 g/mol. The Bertz CT molecular complexity index is 1870. The number of anilines is 3. The Hall–Kier alpha value is -4.32. The van der Waals surface area contributed by atoms with Crippen molar-refractivity contribution in [2.75, 3.05) is 17.2 Å². The van der Waals surface area contributed by atoms with Crippen LogP contribution in [0, 0.1) is 20.8 Å².